The van der Waals surface area contributed by atoms with Crippen LogP contribution in [0.2, 0.25) is 0 Å². The average molecular weight is 177 g/mol. The molecule has 0 saturated heterocycles. The summed E-state index contributed by atoms with van der Waals surface area (Å²) in [4.78, 5) is 8.19. The lowest BCUT2D eigenvalue weighted by Crippen LogP contribution is -2.25. The Kier molecular flexibility index (Phi) is 2.54. The van der Waals surface area contributed by atoms with Gasteiger partial charge in [0.2, 0.25) is 0 Å². The fourth-order valence-electron chi connectivity index (χ4n) is 1.96. The van der Waals surface area contributed by atoms with Crippen molar-refractivity contribution in [1.29, 1.82) is 0 Å². The van der Waals surface area contributed by atoms with E-state index in [4.69, 9.17) is 5.73 Å². The van der Waals surface area contributed by atoms with Gasteiger partial charge in [0.15, 0.2) is 0 Å². The largest absolute Gasteiger partial charge is 0.328 e. The zero-order valence-corrected chi connectivity index (χ0v) is 7.69. The lowest BCUT2D eigenvalue weighted by Gasteiger charge is -2.25. The first kappa shape index (κ1) is 8.63. The second-order valence-electron chi connectivity index (χ2n) is 3.75. The summed E-state index contributed by atoms with van der Waals surface area (Å²) < 4.78 is 0. The topological polar surface area (TPSA) is 51.8 Å². The predicted molar refractivity (Wildman–Crippen MR) is 51.2 cm³/mol. The maximum absolute atomic E-state index is 5.84. The molecule has 1 saturated carbocycles. The maximum Gasteiger partial charge on any atom is 0.115 e. The average Bonchev–Trinajstić information content (AvgIpc) is 2.20. The van der Waals surface area contributed by atoms with Gasteiger partial charge in [0, 0.05) is 23.9 Å². The normalized spacial score (nSPS) is 28.7. The molecule has 2 rings (SSSR count). The van der Waals surface area contributed by atoms with E-state index in [-0.39, 0.29) is 0 Å². The summed E-state index contributed by atoms with van der Waals surface area (Å²) in [5.41, 5.74) is 7.02. The minimum atomic E-state index is 0.415. The molecule has 0 unspecified atom stereocenters. The fourth-order valence-corrected chi connectivity index (χ4v) is 1.96. The number of nitrogens with zero attached hydrogens (tertiary/aromatic N) is 2. The zero-order valence-electron chi connectivity index (χ0n) is 7.69. The number of aromatic nitrogens is 2. The Morgan fingerprint density at radius 2 is 2.00 bits per heavy atom. The van der Waals surface area contributed by atoms with Gasteiger partial charge in [0.25, 0.3) is 0 Å². The zero-order chi connectivity index (χ0) is 9.10. The van der Waals surface area contributed by atoms with Crippen LogP contribution in [0.3, 0.4) is 0 Å². The van der Waals surface area contributed by atoms with E-state index in [0.717, 1.165) is 12.8 Å². The standard InChI is InChI=1S/C10H15N3/c11-9-3-1-8(2-4-9)10-5-6-12-7-13-10/h5-9H,1-4,11H2. The molecule has 1 heterocycles. The van der Waals surface area contributed by atoms with Crippen molar-refractivity contribution in [2.24, 2.45) is 5.73 Å². The molecule has 13 heavy (non-hydrogen) atoms. The van der Waals surface area contributed by atoms with Gasteiger partial charge in [-0.3, -0.25) is 0 Å². The molecule has 1 aliphatic carbocycles. The summed E-state index contributed by atoms with van der Waals surface area (Å²) in [5.74, 6) is 0.614. The van der Waals surface area contributed by atoms with Gasteiger partial charge < -0.3 is 5.73 Å². The van der Waals surface area contributed by atoms with Crippen molar-refractivity contribution in [3.05, 3.63) is 24.3 Å². The van der Waals surface area contributed by atoms with Crippen molar-refractivity contribution in [1.82, 2.24) is 9.97 Å². The van der Waals surface area contributed by atoms with E-state index in [9.17, 15) is 0 Å². The second-order valence-corrected chi connectivity index (χ2v) is 3.75. The van der Waals surface area contributed by atoms with E-state index < -0.39 is 0 Å². The molecule has 1 aromatic rings. The number of nitrogens with two attached hydrogens (primary N) is 1. The molecule has 0 spiro atoms. The van der Waals surface area contributed by atoms with Gasteiger partial charge in [-0.1, -0.05) is 0 Å². The minimum absolute atomic E-state index is 0.415. The van der Waals surface area contributed by atoms with Gasteiger partial charge in [-0.05, 0) is 31.7 Å². The third-order valence-electron chi connectivity index (χ3n) is 2.79. The van der Waals surface area contributed by atoms with E-state index in [0.29, 0.717) is 12.0 Å². The first-order chi connectivity index (χ1) is 6.36. The molecule has 0 amide bonds. The van der Waals surface area contributed by atoms with Crippen LogP contribution in [-0.2, 0) is 0 Å². The van der Waals surface area contributed by atoms with Gasteiger partial charge in [-0.25, -0.2) is 9.97 Å². The first-order valence-electron chi connectivity index (χ1n) is 4.88. The first-order valence-corrected chi connectivity index (χ1v) is 4.88. The smallest absolute Gasteiger partial charge is 0.115 e. The van der Waals surface area contributed by atoms with Crippen LogP contribution in [-0.4, -0.2) is 16.0 Å². The van der Waals surface area contributed by atoms with Crippen LogP contribution >= 0.6 is 0 Å². The van der Waals surface area contributed by atoms with Crippen LogP contribution in [0.1, 0.15) is 37.3 Å². The lowest BCUT2D eigenvalue weighted by atomic mass is 9.84. The van der Waals surface area contributed by atoms with E-state index in [1.165, 1.54) is 18.5 Å². The summed E-state index contributed by atoms with van der Waals surface area (Å²) in [7, 11) is 0. The Morgan fingerprint density at radius 1 is 1.23 bits per heavy atom. The third kappa shape index (κ3) is 2.04. The molecule has 1 fully saturated rings. The molecule has 1 aromatic heterocycles. The highest BCUT2D eigenvalue weighted by Crippen LogP contribution is 2.30. The Morgan fingerprint density at radius 3 is 2.62 bits per heavy atom. The predicted octanol–water partition coefficient (Wildman–Crippen LogP) is 1.46. The number of hydrogen-bond acceptors (Lipinski definition) is 3. The Labute approximate surface area is 78.4 Å². The molecule has 1 aliphatic rings. The highest BCUT2D eigenvalue weighted by molar-refractivity contribution is 5.06. The Balaban J connectivity index is 2.03. The van der Waals surface area contributed by atoms with Gasteiger partial charge >= 0.3 is 0 Å². The van der Waals surface area contributed by atoms with Crippen LogP contribution in [0.15, 0.2) is 18.6 Å². The van der Waals surface area contributed by atoms with E-state index in [2.05, 4.69) is 9.97 Å². The Hall–Kier alpha value is -0.960. The van der Waals surface area contributed by atoms with Crippen LogP contribution in [0.5, 0.6) is 0 Å². The molecule has 70 valence electrons. The maximum atomic E-state index is 5.84. The summed E-state index contributed by atoms with van der Waals surface area (Å²) in [5, 5.41) is 0. The SMILES string of the molecule is NC1CCC(c2ccncn2)CC1. The Bertz CT molecular complexity index is 252. The molecule has 0 atom stereocenters. The van der Waals surface area contributed by atoms with Crippen molar-refractivity contribution in [3.63, 3.8) is 0 Å². The summed E-state index contributed by atoms with van der Waals surface area (Å²) in [6, 6.07) is 2.43. The van der Waals surface area contributed by atoms with Crippen molar-refractivity contribution >= 4 is 0 Å². The monoisotopic (exact) mass is 177 g/mol. The van der Waals surface area contributed by atoms with Crippen LogP contribution in [0.25, 0.3) is 0 Å². The van der Waals surface area contributed by atoms with Gasteiger partial charge in [0.05, 0.1) is 0 Å². The van der Waals surface area contributed by atoms with Crippen molar-refractivity contribution in [2.45, 2.75) is 37.6 Å². The van der Waals surface area contributed by atoms with Crippen LogP contribution in [0.4, 0.5) is 0 Å². The van der Waals surface area contributed by atoms with Gasteiger partial charge in [-0.2, -0.15) is 0 Å². The second kappa shape index (κ2) is 3.83. The summed E-state index contributed by atoms with van der Waals surface area (Å²) >= 11 is 0. The number of rotatable bonds is 1. The highest BCUT2D eigenvalue weighted by atomic mass is 14.8. The van der Waals surface area contributed by atoms with Crippen LogP contribution in [0, 0.1) is 0 Å². The highest BCUT2D eigenvalue weighted by Gasteiger charge is 2.20. The quantitative estimate of drug-likeness (QED) is 0.706. The fraction of sp³-hybridized carbons (Fsp3) is 0.600. The van der Waals surface area contributed by atoms with Crippen molar-refractivity contribution in [2.75, 3.05) is 0 Å². The van der Waals surface area contributed by atoms with Crippen LogP contribution < -0.4 is 5.73 Å². The molecular formula is C10H15N3. The molecule has 0 aromatic carbocycles. The summed E-state index contributed by atoms with van der Waals surface area (Å²) in [6.07, 6.45) is 8.07. The minimum Gasteiger partial charge on any atom is -0.328 e. The third-order valence-corrected chi connectivity index (χ3v) is 2.79. The molecule has 3 nitrogen and oxygen atoms in total. The van der Waals surface area contributed by atoms with E-state index in [1.807, 2.05) is 12.3 Å². The molecule has 2 N–H and O–H groups in total. The molecule has 0 bridgehead atoms. The molecule has 3 heteroatoms. The molecule has 0 aliphatic heterocycles. The van der Waals surface area contributed by atoms with E-state index >= 15 is 0 Å². The van der Waals surface area contributed by atoms with Gasteiger partial charge in [0.1, 0.15) is 6.33 Å². The molecular weight excluding hydrogens is 162 g/mol. The molecule has 0 radical (unpaired) electrons. The van der Waals surface area contributed by atoms with E-state index in [1.54, 1.807) is 6.33 Å². The van der Waals surface area contributed by atoms with Crippen molar-refractivity contribution < 1.29 is 0 Å². The lowest BCUT2D eigenvalue weighted by molar-refractivity contribution is 0.390. The summed E-state index contributed by atoms with van der Waals surface area (Å²) in [6.45, 7) is 0. The van der Waals surface area contributed by atoms with Gasteiger partial charge in [-0.15, -0.1) is 0 Å². The number of hydrogen-bond donors (Lipinski definition) is 1. The van der Waals surface area contributed by atoms with Crippen molar-refractivity contribution in [3.8, 4) is 0 Å².